The van der Waals surface area contributed by atoms with E-state index in [9.17, 15) is 18.7 Å². The Morgan fingerprint density at radius 1 is 1.21 bits per heavy atom. The van der Waals surface area contributed by atoms with Crippen LogP contribution in [-0.4, -0.2) is 36.8 Å². The van der Waals surface area contributed by atoms with E-state index >= 15 is 0 Å². The van der Waals surface area contributed by atoms with Crippen molar-refractivity contribution >= 4 is 11.7 Å². The number of ether oxygens (including phenoxy) is 1. The van der Waals surface area contributed by atoms with Crippen LogP contribution in [-0.2, 0) is 0 Å². The molecule has 0 aliphatic heterocycles. The molecule has 2 aromatic rings. The van der Waals surface area contributed by atoms with Crippen LogP contribution in [0.25, 0.3) is 0 Å². The summed E-state index contributed by atoms with van der Waals surface area (Å²) in [5, 5.41) is 12.0. The zero-order valence-corrected chi connectivity index (χ0v) is 13.3. The molecule has 5 nitrogen and oxygen atoms in total. The number of aliphatic hydroxyl groups is 1. The molecule has 0 spiro atoms. The van der Waals surface area contributed by atoms with Gasteiger partial charge in [0, 0.05) is 18.8 Å². The number of nitrogens with one attached hydrogen (secondary N) is 1. The van der Waals surface area contributed by atoms with Crippen LogP contribution in [0.3, 0.4) is 0 Å². The van der Waals surface area contributed by atoms with Crippen LogP contribution in [0.4, 0.5) is 19.3 Å². The van der Waals surface area contributed by atoms with Gasteiger partial charge in [0.2, 0.25) is 0 Å². The molecule has 0 bridgehead atoms. The summed E-state index contributed by atoms with van der Waals surface area (Å²) in [5.74, 6) is -0.929. The van der Waals surface area contributed by atoms with Gasteiger partial charge in [0.15, 0.2) is 0 Å². The van der Waals surface area contributed by atoms with E-state index in [0.29, 0.717) is 17.4 Å². The number of hydrogen-bond donors (Lipinski definition) is 2. The van der Waals surface area contributed by atoms with Crippen molar-refractivity contribution in [3.8, 4) is 5.75 Å². The second kappa shape index (κ2) is 7.74. The average molecular weight is 336 g/mol. The van der Waals surface area contributed by atoms with Gasteiger partial charge < -0.3 is 20.1 Å². The number of amides is 2. The van der Waals surface area contributed by atoms with Gasteiger partial charge >= 0.3 is 6.03 Å². The van der Waals surface area contributed by atoms with E-state index < -0.39 is 23.7 Å². The maximum absolute atomic E-state index is 13.2. The van der Waals surface area contributed by atoms with Gasteiger partial charge in [-0.25, -0.2) is 13.6 Å². The van der Waals surface area contributed by atoms with Crippen LogP contribution in [0.1, 0.15) is 11.6 Å². The quantitative estimate of drug-likeness (QED) is 0.882. The number of carbonyl (C=O) groups excluding carboxylic acids is 1. The first kappa shape index (κ1) is 17.7. The topological polar surface area (TPSA) is 61.8 Å². The van der Waals surface area contributed by atoms with Gasteiger partial charge in [0.25, 0.3) is 0 Å². The molecule has 0 fully saturated rings. The first-order valence-electron chi connectivity index (χ1n) is 7.19. The minimum atomic E-state index is -0.790. The molecular weight excluding hydrogens is 318 g/mol. The third kappa shape index (κ3) is 4.20. The monoisotopic (exact) mass is 336 g/mol. The van der Waals surface area contributed by atoms with Crippen LogP contribution < -0.4 is 10.1 Å². The maximum atomic E-state index is 13.2. The van der Waals surface area contributed by atoms with Crippen molar-refractivity contribution in [3.05, 3.63) is 59.7 Å². The number of hydrogen-bond acceptors (Lipinski definition) is 3. The maximum Gasteiger partial charge on any atom is 0.322 e. The molecule has 2 amide bonds. The number of anilines is 1. The molecule has 2 N–H and O–H groups in total. The third-order valence-corrected chi connectivity index (χ3v) is 3.58. The highest BCUT2D eigenvalue weighted by Gasteiger charge is 2.21. The number of urea groups is 1. The normalized spacial score (nSPS) is 11.7. The van der Waals surface area contributed by atoms with Crippen molar-refractivity contribution in [2.24, 2.45) is 0 Å². The van der Waals surface area contributed by atoms with Crippen molar-refractivity contribution in [1.29, 1.82) is 0 Å². The Kier molecular flexibility index (Phi) is 5.70. The largest absolute Gasteiger partial charge is 0.497 e. The fourth-order valence-electron chi connectivity index (χ4n) is 2.26. The molecule has 0 heterocycles. The summed E-state index contributed by atoms with van der Waals surface area (Å²) in [6.45, 7) is -0.312. The number of halogens is 2. The molecule has 0 aromatic heterocycles. The molecule has 2 aromatic carbocycles. The molecule has 2 rings (SSSR count). The van der Waals surface area contributed by atoms with Gasteiger partial charge in [-0.1, -0.05) is 12.1 Å². The van der Waals surface area contributed by atoms with Crippen molar-refractivity contribution in [1.82, 2.24) is 4.90 Å². The number of carbonyl (C=O) groups is 1. The smallest absolute Gasteiger partial charge is 0.322 e. The highest BCUT2D eigenvalue weighted by molar-refractivity contribution is 5.89. The lowest BCUT2D eigenvalue weighted by Crippen LogP contribution is -2.36. The summed E-state index contributed by atoms with van der Waals surface area (Å²) in [6, 6.07) is 8.40. The lowest BCUT2D eigenvalue weighted by Gasteiger charge is -2.27. The Balaban J connectivity index is 2.14. The standard InChI is InChI=1S/C17H18F2N2O3/c1-21(16(10-22)11-3-5-15(24-2)6-4-11)17(23)20-14-8-12(18)7-13(19)9-14/h3-9,16,22H,10H2,1-2H3,(H,20,23). The highest BCUT2D eigenvalue weighted by atomic mass is 19.1. The first-order chi connectivity index (χ1) is 11.4. The van der Waals surface area contributed by atoms with Crippen LogP contribution >= 0.6 is 0 Å². The number of benzene rings is 2. The summed E-state index contributed by atoms with van der Waals surface area (Å²) >= 11 is 0. The van der Waals surface area contributed by atoms with E-state index in [2.05, 4.69) is 5.32 Å². The van der Waals surface area contributed by atoms with Crippen LogP contribution in [0, 0.1) is 11.6 Å². The van der Waals surface area contributed by atoms with Crippen LogP contribution in [0.15, 0.2) is 42.5 Å². The number of likely N-dealkylation sites (N-methyl/N-ethyl adjacent to an activating group) is 1. The summed E-state index contributed by atoms with van der Waals surface area (Å²) in [4.78, 5) is 13.5. The molecule has 0 radical (unpaired) electrons. The Morgan fingerprint density at radius 2 is 1.79 bits per heavy atom. The Bertz CT molecular complexity index is 687. The molecule has 7 heteroatoms. The number of rotatable bonds is 5. The Labute approximate surface area is 138 Å². The summed E-state index contributed by atoms with van der Waals surface area (Å²) in [7, 11) is 3.02. The minimum Gasteiger partial charge on any atom is -0.497 e. The van der Waals surface area contributed by atoms with Gasteiger partial charge in [-0.05, 0) is 29.8 Å². The molecule has 0 aliphatic carbocycles. The van der Waals surface area contributed by atoms with E-state index in [0.717, 1.165) is 12.1 Å². The van der Waals surface area contributed by atoms with Gasteiger partial charge in [0.1, 0.15) is 17.4 Å². The molecule has 0 aliphatic rings. The van der Waals surface area contributed by atoms with Crippen molar-refractivity contribution in [3.63, 3.8) is 0 Å². The fraction of sp³-hybridized carbons (Fsp3) is 0.235. The van der Waals surface area contributed by atoms with Gasteiger partial charge in [0.05, 0.1) is 19.8 Å². The second-order valence-electron chi connectivity index (χ2n) is 5.17. The van der Waals surface area contributed by atoms with Crippen molar-refractivity contribution in [2.45, 2.75) is 6.04 Å². The first-order valence-corrected chi connectivity index (χ1v) is 7.19. The highest BCUT2D eigenvalue weighted by Crippen LogP contribution is 2.23. The molecule has 128 valence electrons. The van der Waals surface area contributed by atoms with E-state index in [4.69, 9.17) is 4.74 Å². The Morgan fingerprint density at radius 3 is 2.29 bits per heavy atom. The van der Waals surface area contributed by atoms with Gasteiger partial charge in [-0.2, -0.15) is 0 Å². The van der Waals surface area contributed by atoms with E-state index in [1.807, 2.05) is 0 Å². The van der Waals surface area contributed by atoms with Crippen molar-refractivity contribution in [2.75, 3.05) is 26.1 Å². The van der Waals surface area contributed by atoms with E-state index in [1.165, 1.54) is 19.1 Å². The number of aliphatic hydroxyl groups excluding tert-OH is 1. The lowest BCUT2D eigenvalue weighted by atomic mass is 10.1. The lowest BCUT2D eigenvalue weighted by molar-refractivity contribution is 0.159. The molecular formula is C17H18F2N2O3. The molecule has 1 unspecified atom stereocenters. The molecule has 0 saturated carbocycles. The number of methoxy groups -OCH3 is 1. The SMILES string of the molecule is COc1ccc(C(CO)N(C)C(=O)Nc2cc(F)cc(F)c2)cc1. The molecule has 0 saturated heterocycles. The zero-order chi connectivity index (χ0) is 17.7. The predicted molar refractivity (Wildman–Crippen MR) is 86.0 cm³/mol. The van der Waals surface area contributed by atoms with Gasteiger partial charge in [-0.3, -0.25) is 0 Å². The second-order valence-corrected chi connectivity index (χ2v) is 5.17. The minimum absolute atomic E-state index is 0.00392. The predicted octanol–water partition coefficient (Wildman–Crippen LogP) is 3.17. The van der Waals surface area contributed by atoms with Crippen molar-refractivity contribution < 1.29 is 23.4 Å². The number of nitrogens with zero attached hydrogens (tertiary/aromatic N) is 1. The van der Waals surface area contributed by atoms with E-state index in [1.54, 1.807) is 24.3 Å². The third-order valence-electron chi connectivity index (χ3n) is 3.58. The van der Waals surface area contributed by atoms with Crippen LogP contribution in [0.2, 0.25) is 0 Å². The molecule has 1 atom stereocenters. The van der Waals surface area contributed by atoms with Crippen LogP contribution in [0.5, 0.6) is 5.75 Å². The van der Waals surface area contributed by atoms with Gasteiger partial charge in [-0.15, -0.1) is 0 Å². The Hall–Kier alpha value is -2.67. The summed E-state index contributed by atoms with van der Waals surface area (Å²) < 4.78 is 31.4. The zero-order valence-electron chi connectivity index (χ0n) is 13.3. The average Bonchev–Trinajstić information content (AvgIpc) is 2.55. The fourth-order valence-corrected chi connectivity index (χ4v) is 2.26. The summed E-state index contributed by atoms with van der Waals surface area (Å²) in [6.07, 6.45) is 0. The van der Waals surface area contributed by atoms with E-state index in [-0.39, 0.29) is 12.3 Å². The molecule has 24 heavy (non-hydrogen) atoms. The summed E-state index contributed by atoms with van der Waals surface area (Å²) in [5.41, 5.74) is 0.692.